The van der Waals surface area contributed by atoms with Gasteiger partial charge in [0.2, 0.25) is 0 Å². The van der Waals surface area contributed by atoms with Crippen LogP contribution in [0.2, 0.25) is 0 Å². The van der Waals surface area contributed by atoms with Crippen molar-refractivity contribution < 1.29 is 13.2 Å². The summed E-state index contributed by atoms with van der Waals surface area (Å²) in [5.41, 5.74) is 0. The summed E-state index contributed by atoms with van der Waals surface area (Å²) in [6.07, 6.45) is 1.41. The van der Waals surface area contributed by atoms with Crippen LogP contribution >= 0.6 is 11.3 Å². The first-order valence-corrected chi connectivity index (χ1v) is 8.99. The number of sulfonamides is 1. The molecule has 0 unspecified atom stereocenters. The van der Waals surface area contributed by atoms with E-state index in [-0.39, 0.29) is 12.1 Å². The number of amides is 2. The number of hydrogen-bond acceptors (Lipinski definition) is 4. The van der Waals surface area contributed by atoms with E-state index in [1.807, 2.05) is 4.90 Å². The SMILES string of the molecule is O=C1NCCN1C1CCN(S(=O)(=O)c2cccs2)CC1. The van der Waals surface area contributed by atoms with Gasteiger partial charge in [-0.15, -0.1) is 11.3 Å². The highest BCUT2D eigenvalue weighted by molar-refractivity contribution is 7.91. The van der Waals surface area contributed by atoms with E-state index in [1.165, 1.54) is 15.6 Å². The van der Waals surface area contributed by atoms with Crippen LogP contribution in [0.3, 0.4) is 0 Å². The van der Waals surface area contributed by atoms with Crippen molar-refractivity contribution in [3.05, 3.63) is 17.5 Å². The van der Waals surface area contributed by atoms with Crippen LogP contribution in [0.15, 0.2) is 21.7 Å². The number of piperidine rings is 1. The van der Waals surface area contributed by atoms with Crippen molar-refractivity contribution in [3.8, 4) is 0 Å². The molecule has 0 aliphatic carbocycles. The van der Waals surface area contributed by atoms with E-state index < -0.39 is 10.0 Å². The highest BCUT2D eigenvalue weighted by atomic mass is 32.2. The lowest BCUT2D eigenvalue weighted by Gasteiger charge is -2.35. The van der Waals surface area contributed by atoms with Crippen molar-refractivity contribution in [1.82, 2.24) is 14.5 Å². The molecule has 0 saturated carbocycles. The monoisotopic (exact) mass is 315 g/mol. The minimum Gasteiger partial charge on any atom is -0.336 e. The third kappa shape index (κ3) is 2.43. The average molecular weight is 315 g/mol. The quantitative estimate of drug-likeness (QED) is 0.902. The van der Waals surface area contributed by atoms with E-state index in [1.54, 1.807) is 17.5 Å². The van der Waals surface area contributed by atoms with Gasteiger partial charge in [0.05, 0.1) is 0 Å². The Morgan fingerprint density at radius 3 is 2.55 bits per heavy atom. The fraction of sp³-hybridized carbons (Fsp3) is 0.583. The first-order valence-electron chi connectivity index (χ1n) is 6.67. The first kappa shape index (κ1) is 13.8. The Morgan fingerprint density at radius 2 is 2.00 bits per heavy atom. The second-order valence-electron chi connectivity index (χ2n) is 4.99. The largest absolute Gasteiger partial charge is 0.336 e. The third-order valence-electron chi connectivity index (χ3n) is 3.84. The normalized spacial score (nSPS) is 22.2. The van der Waals surface area contributed by atoms with Crippen LogP contribution < -0.4 is 5.32 Å². The van der Waals surface area contributed by atoms with E-state index in [2.05, 4.69) is 5.32 Å². The summed E-state index contributed by atoms with van der Waals surface area (Å²) >= 11 is 1.25. The molecule has 1 aromatic rings. The molecule has 3 heterocycles. The summed E-state index contributed by atoms with van der Waals surface area (Å²) in [6, 6.07) is 3.52. The lowest BCUT2D eigenvalue weighted by molar-refractivity contribution is 0.167. The van der Waals surface area contributed by atoms with E-state index in [9.17, 15) is 13.2 Å². The molecule has 1 aromatic heterocycles. The molecule has 6 nitrogen and oxygen atoms in total. The van der Waals surface area contributed by atoms with Gasteiger partial charge in [-0.2, -0.15) is 4.31 Å². The maximum atomic E-state index is 12.4. The van der Waals surface area contributed by atoms with Gasteiger partial charge in [0.25, 0.3) is 10.0 Å². The molecular weight excluding hydrogens is 298 g/mol. The summed E-state index contributed by atoms with van der Waals surface area (Å²) in [7, 11) is -3.35. The Bertz CT molecular complexity index is 577. The summed E-state index contributed by atoms with van der Waals surface area (Å²) in [5, 5.41) is 4.56. The van der Waals surface area contributed by atoms with Crippen LogP contribution in [0.25, 0.3) is 0 Å². The number of urea groups is 1. The molecular formula is C12H17N3O3S2. The molecule has 0 radical (unpaired) electrons. The summed E-state index contributed by atoms with van der Waals surface area (Å²) in [6.45, 7) is 2.37. The Morgan fingerprint density at radius 1 is 1.25 bits per heavy atom. The molecule has 20 heavy (non-hydrogen) atoms. The van der Waals surface area contributed by atoms with Crippen molar-refractivity contribution in [2.24, 2.45) is 0 Å². The number of carbonyl (C=O) groups is 1. The van der Waals surface area contributed by atoms with Gasteiger partial charge in [-0.25, -0.2) is 13.2 Å². The predicted octanol–water partition coefficient (Wildman–Crippen LogP) is 0.926. The smallest absolute Gasteiger partial charge is 0.317 e. The number of nitrogens with zero attached hydrogens (tertiary/aromatic N) is 2. The van der Waals surface area contributed by atoms with Gasteiger partial charge in [-0.05, 0) is 24.3 Å². The molecule has 0 spiro atoms. The minimum atomic E-state index is -3.35. The fourth-order valence-corrected chi connectivity index (χ4v) is 5.38. The van der Waals surface area contributed by atoms with Gasteiger partial charge in [-0.3, -0.25) is 0 Å². The van der Waals surface area contributed by atoms with Gasteiger partial charge in [-0.1, -0.05) is 6.07 Å². The number of nitrogens with one attached hydrogen (secondary N) is 1. The predicted molar refractivity (Wildman–Crippen MR) is 76.2 cm³/mol. The maximum Gasteiger partial charge on any atom is 0.317 e. The summed E-state index contributed by atoms with van der Waals surface area (Å²) in [4.78, 5) is 13.5. The first-order chi connectivity index (χ1) is 9.59. The molecule has 2 aliphatic rings. The van der Waals surface area contributed by atoms with Gasteiger partial charge >= 0.3 is 6.03 Å². The standard InChI is InChI=1S/C12H17N3O3S2/c16-12-13-5-8-15(12)10-3-6-14(7-4-10)20(17,18)11-2-1-9-19-11/h1-2,9-10H,3-8H2,(H,13,16). The van der Waals surface area contributed by atoms with Crippen molar-refractivity contribution in [2.45, 2.75) is 23.1 Å². The van der Waals surface area contributed by atoms with E-state index in [4.69, 9.17) is 0 Å². The molecule has 0 aromatic carbocycles. The zero-order valence-electron chi connectivity index (χ0n) is 11.0. The third-order valence-corrected chi connectivity index (χ3v) is 7.11. The zero-order chi connectivity index (χ0) is 14.2. The van der Waals surface area contributed by atoms with Gasteiger partial charge < -0.3 is 10.2 Å². The molecule has 2 saturated heterocycles. The molecule has 2 amide bonds. The Balaban J connectivity index is 1.65. The lowest BCUT2D eigenvalue weighted by Crippen LogP contribution is -2.47. The minimum absolute atomic E-state index is 0.0236. The number of rotatable bonds is 3. The van der Waals surface area contributed by atoms with Crippen molar-refractivity contribution in [2.75, 3.05) is 26.2 Å². The van der Waals surface area contributed by atoms with Crippen molar-refractivity contribution >= 4 is 27.4 Å². The second kappa shape index (κ2) is 5.34. The molecule has 8 heteroatoms. The highest BCUT2D eigenvalue weighted by Gasteiger charge is 2.34. The Labute approximate surface area is 122 Å². The van der Waals surface area contributed by atoms with Crippen LogP contribution in [-0.4, -0.2) is 55.9 Å². The Kier molecular flexibility index (Phi) is 3.70. The summed E-state index contributed by atoms with van der Waals surface area (Å²) in [5.74, 6) is 0. The highest BCUT2D eigenvalue weighted by Crippen LogP contribution is 2.26. The van der Waals surface area contributed by atoms with Gasteiger partial charge in [0, 0.05) is 32.2 Å². The molecule has 0 bridgehead atoms. The van der Waals surface area contributed by atoms with Crippen molar-refractivity contribution in [3.63, 3.8) is 0 Å². The topological polar surface area (TPSA) is 69.7 Å². The van der Waals surface area contributed by atoms with Crippen LogP contribution in [0.4, 0.5) is 4.79 Å². The Hall–Kier alpha value is -1.12. The van der Waals surface area contributed by atoms with E-state index >= 15 is 0 Å². The van der Waals surface area contributed by atoms with Crippen LogP contribution in [0.5, 0.6) is 0 Å². The molecule has 0 atom stereocenters. The fourth-order valence-electron chi connectivity index (χ4n) is 2.77. The molecule has 1 N–H and O–H groups in total. The molecule has 3 rings (SSSR count). The van der Waals surface area contributed by atoms with Gasteiger partial charge in [0.1, 0.15) is 4.21 Å². The van der Waals surface area contributed by atoms with Gasteiger partial charge in [0.15, 0.2) is 0 Å². The molecule has 2 fully saturated rings. The number of carbonyl (C=O) groups excluding carboxylic acids is 1. The van der Waals surface area contributed by atoms with E-state index in [0.29, 0.717) is 36.7 Å². The average Bonchev–Trinajstić information content (AvgIpc) is 3.10. The van der Waals surface area contributed by atoms with Crippen LogP contribution in [0.1, 0.15) is 12.8 Å². The number of thiophene rings is 1. The second-order valence-corrected chi connectivity index (χ2v) is 8.11. The van der Waals surface area contributed by atoms with Crippen LogP contribution in [-0.2, 0) is 10.0 Å². The summed E-state index contributed by atoms with van der Waals surface area (Å²) < 4.78 is 26.7. The van der Waals surface area contributed by atoms with E-state index in [0.717, 1.165) is 6.54 Å². The van der Waals surface area contributed by atoms with Crippen molar-refractivity contribution in [1.29, 1.82) is 0 Å². The molecule has 110 valence electrons. The zero-order valence-corrected chi connectivity index (χ0v) is 12.6. The lowest BCUT2D eigenvalue weighted by atomic mass is 10.1. The van der Waals surface area contributed by atoms with Crippen LogP contribution in [0, 0.1) is 0 Å². The number of hydrogen-bond donors (Lipinski definition) is 1. The molecule has 2 aliphatic heterocycles. The maximum absolute atomic E-state index is 12.4.